The van der Waals surface area contributed by atoms with Gasteiger partial charge < -0.3 is 20.5 Å². The number of nitrogens with one attached hydrogen (secondary N) is 2. The van der Waals surface area contributed by atoms with Gasteiger partial charge in [0.15, 0.2) is 0 Å². The number of rotatable bonds is 7. The number of amides is 2. The molecule has 1 aromatic carbocycles. The maximum Gasteiger partial charge on any atom is 0.305 e. The first-order chi connectivity index (χ1) is 10.4. The van der Waals surface area contributed by atoms with E-state index >= 15 is 0 Å². The summed E-state index contributed by atoms with van der Waals surface area (Å²) in [5.41, 5.74) is 0.737. The van der Waals surface area contributed by atoms with Crippen molar-refractivity contribution in [3.05, 3.63) is 35.5 Å². The lowest BCUT2D eigenvalue weighted by atomic mass is 10.1. The molecule has 0 aliphatic carbocycles. The monoisotopic (exact) mass is 306 g/mol. The fourth-order valence-electron chi connectivity index (χ4n) is 1.59. The van der Waals surface area contributed by atoms with Gasteiger partial charge in [-0.05, 0) is 23.8 Å². The van der Waals surface area contributed by atoms with E-state index in [1.165, 1.54) is 13.0 Å². The summed E-state index contributed by atoms with van der Waals surface area (Å²) in [6.07, 6.45) is 1.30. The van der Waals surface area contributed by atoms with Gasteiger partial charge in [-0.15, -0.1) is 0 Å². The van der Waals surface area contributed by atoms with Gasteiger partial charge in [-0.25, -0.2) is 0 Å². The van der Waals surface area contributed by atoms with E-state index < -0.39 is 17.8 Å². The summed E-state index contributed by atoms with van der Waals surface area (Å²) < 4.78 is 5.04. The third kappa shape index (κ3) is 6.08. The fraction of sp³-hybridized carbons (Fsp3) is 0.267. The molecule has 22 heavy (non-hydrogen) atoms. The minimum Gasteiger partial charge on any atom is -0.497 e. The van der Waals surface area contributed by atoms with Crippen molar-refractivity contribution in [1.29, 1.82) is 0 Å². The molecule has 0 aliphatic rings. The summed E-state index contributed by atoms with van der Waals surface area (Å²) in [7, 11) is 1.55. The number of hydrogen-bond acceptors (Lipinski definition) is 4. The maximum absolute atomic E-state index is 12.0. The molecule has 3 N–H and O–H groups in total. The molecule has 0 unspecified atom stereocenters. The molecule has 0 saturated heterocycles. The minimum absolute atomic E-state index is 0.0201. The van der Waals surface area contributed by atoms with Crippen LogP contribution in [0.1, 0.15) is 18.9 Å². The van der Waals surface area contributed by atoms with Gasteiger partial charge in [0.05, 0.1) is 13.5 Å². The largest absolute Gasteiger partial charge is 0.497 e. The van der Waals surface area contributed by atoms with Gasteiger partial charge in [0.1, 0.15) is 11.4 Å². The van der Waals surface area contributed by atoms with Gasteiger partial charge in [-0.3, -0.25) is 14.4 Å². The van der Waals surface area contributed by atoms with Crippen LogP contribution < -0.4 is 15.4 Å². The zero-order valence-corrected chi connectivity index (χ0v) is 12.4. The summed E-state index contributed by atoms with van der Waals surface area (Å²) >= 11 is 0. The van der Waals surface area contributed by atoms with Crippen molar-refractivity contribution >= 4 is 23.9 Å². The molecule has 7 nitrogen and oxygen atoms in total. The Bertz CT molecular complexity index is 578. The van der Waals surface area contributed by atoms with Gasteiger partial charge >= 0.3 is 5.97 Å². The second kappa shape index (κ2) is 8.46. The van der Waals surface area contributed by atoms with Crippen LogP contribution in [-0.2, 0) is 14.4 Å². The number of ether oxygens (including phenoxy) is 1. The Morgan fingerprint density at radius 2 is 1.86 bits per heavy atom. The van der Waals surface area contributed by atoms with Crippen molar-refractivity contribution in [2.45, 2.75) is 13.3 Å². The lowest BCUT2D eigenvalue weighted by molar-refractivity contribution is -0.137. The maximum atomic E-state index is 12.0. The van der Waals surface area contributed by atoms with Crippen LogP contribution >= 0.6 is 0 Å². The highest BCUT2D eigenvalue weighted by atomic mass is 16.5. The summed E-state index contributed by atoms with van der Waals surface area (Å²) in [5, 5.41) is 13.4. The lowest BCUT2D eigenvalue weighted by Gasteiger charge is -2.09. The standard InChI is InChI=1S/C15H18N2O5/c1-10(18)17-13(15(21)16-8-7-14(19)20)9-11-3-5-12(22-2)6-4-11/h3-6,9H,7-8H2,1-2H3,(H,16,21)(H,17,18)(H,19,20)/b13-9+. The minimum atomic E-state index is -1.01. The van der Waals surface area contributed by atoms with E-state index in [0.29, 0.717) is 11.3 Å². The average Bonchev–Trinajstić information content (AvgIpc) is 2.46. The number of aliphatic carboxylic acids is 1. The van der Waals surface area contributed by atoms with E-state index in [2.05, 4.69) is 10.6 Å². The Morgan fingerprint density at radius 3 is 2.36 bits per heavy atom. The van der Waals surface area contributed by atoms with Crippen LogP contribution in [-0.4, -0.2) is 36.5 Å². The molecular weight excluding hydrogens is 288 g/mol. The highest BCUT2D eigenvalue weighted by Crippen LogP contribution is 2.13. The zero-order chi connectivity index (χ0) is 16.5. The number of carboxylic acid groups (broad SMARTS) is 1. The number of methoxy groups -OCH3 is 1. The van der Waals surface area contributed by atoms with E-state index in [9.17, 15) is 14.4 Å². The van der Waals surface area contributed by atoms with Gasteiger partial charge in [-0.2, -0.15) is 0 Å². The zero-order valence-electron chi connectivity index (χ0n) is 12.4. The Kier molecular flexibility index (Phi) is 6.62. The summed E-state index contributed by atoms with van der Waals surface area (Å²) in [4.78, 5) is 33.6. The normalized spacial score (nSPS) is 10.7. The van der Waals surface area contributed by atoms with Crippen LogP contribution in [0.4, 0.5) is 0 Å². The molecule has 0 saturated carbocycles. The summed E-state index contributed by atoms with van der Waals surface area (Å²) in [6.45, 7) is 1.26. The predicted molar refractivity (Wildman–Crippen MR) is 80.1 cm³/mol. The van der Waals surface area contributed by atoms with Gasteiger partial charge in [0.2, 0.25) is 5.91 Å². The molecule has 2 amide bonds. The van der Waals surface area contributed by atoms with Gasteiger partial charge in [-0.1, -0.05) is 12.1 Å². The van der Waals surface area contributed by atoms with Crippen LogP contribution in [0.15, 0.2) is 30.0 Å². The molecule has 0 atom stereocenters. The molecule has 0 aromatic heterocycles. The number of carbonyl (C=O) groups excluding carboxylic acids is 2. The Balaban J connectivity index is 2.85. The molecule has 1 rings (SSSR count). The predicted octanol–water partition coefficient (Wildman–Crippen LogP) is 0.763. The first-order valence-electron chi connectivity index (χ1n) is 6.55. The topological polar surface area (TPSA) is 105 Å². The van der Waals surface area contributed by atoms with Gasteiger partial charge in [0.25, 0.3) is 5.91 Å². The average molecular weight is 306 g/mol. The van der Waals surface area contributed by atoms with Crippen molar-refractivity contribution in [3.63, 3.8) is 0 Å². The van der Waals surface area contributed by atoms with Crippen LogP contribution in [0.2, 0.25) is 0 Å². The second-order valence-electron chi connectivity index (χ2n) is 4.41. The molecule has 0 fully saturated rings. The van der Waals surface area contributed by atoms with E-state index in [4.69, 9.17) is 9.84 Å². The molecule has 0 radical (unpaired) electrons. The molecule has 0 aliphatic heterocycles. The van der Waals surface area contributed by atoms with E-state index in [1.807, 2.05) is 0 Å². The summed E-state index contributed by atoms with van der Waals surface area (Å²) in [5.74, 6) is -1.29. The number of hydrogen-bond donors (Lipinski definition) is 3. The Labute approximate surface area is 128 Å². The summed E-state index contributed by atoms with van der Waals surface area (Å²) in [6, 6.07) is 6.90. The molecule has 7 heteroatoms. The highest BCUT2D eigenvalue weighted by Gasteiger charge is 2.11. The number of carboxylic acids is 1. The van der Waals surface area contributed by atoms with Crippen LogP contribution in [0, 0.1) is 0 Å². The second-order valence-corrected chi connectivity index (χ2v) is 4.41. The lowest BCUT2D eigenvalue weighted by Crippen LogP contribution is -2.34. The van der Waals surface area contributed by atoms with Crippen LogP contribution in [0.3, 0.4) is 0 Å². The SMILES string of the molecule is COc1ccc(/C=C(/NC(C)=O)C(=O)NCCC(=O)O)cc1. The van der Waals surface area contributed by atoms with Crippen molar-refractivity contribution in [3.8, 4) is 5.75 Å². The molecule has 0 heterocycles. The molecule has 118 valence electrons. The molecular formula is C15H18N2O5. The van der Waals surface area contributed by atoms with E-state index in [1.54, 1.807) is 31.4 Å². The smallest absolute Gasteiger partial charge is 0.305 e. The Morgan fingerprint density at radius 1 is 1.23 bits per heavy atom. The fourth-order valence-corrected chi connectivity index (χ4v) is 1.59. The van der Waals surface area contributed by atoms with Crippen molar-refractivity contribution < 1.29 is 24.2 Å². The van der Waals surface area contributed by atoms with Crippen molar-refractivity contribution in [2.24, 2.45) is 0 Å². The third-order valence-electron chi connectivity index (χ3n) is 2.61. The van der Waals surface area contributed by atoms with Crippen molar-refractivity contribution in [1.82, 2.24) is 10.6 Å². The van der Waals surface area contributed by atoms with Crippen LogP contribution in [0.25, 0.3) is 6.08 Å². The van der Waals surface area contributed by atoms with Crippen LogP contribution in [0.5, 0.6) is 5.75 Å². The highest BCUT2D eigenvalue weighted by molar-refractivity contribution is 6.01. The number of carbonyl (C=O) groups is 3. The third-order valence-corrected chi connectivity index (χ3v) is 2.61. The van der Waals surface area contributed by atoms with Gasteiger partial charge in [0, 0.05) is 13.5 Å². The molecule has 0 bridgehead atoms. The molecule has 1 aromatic rings. The van der Waals surface area contributed by atoms with Crippen molar-refractivity contribution in [2.75, 3.05) is 13.7 Å². The van der Waals surface area contributed by atoms with E-state index in [-0.39, 0.29) is 18.7 Å². The quantitative estimate of drug-likeness (QED) is 0.645. The first kappa shape index (κ1) is 17.2. The molecule has 0 spiro atoms. The number of benzene rings is 1. The first-order valence-corrected chi connectivity index (χ1v) is 6.55. The van der Waals surface area contributed by atoms with E-state index in [0.717, 1.165) is 0 Å². The Hall–Kier alpha value is -2.83.